The smallest absolute Gasteiger partial charge is 0.139 e. The van der Waals surface area contributed by atoms with Crippen LogP contribution in [0.3, 0.4) is 0 Å². The monoisotopic (exact) mass is 216 g/mol. The zero-order chi connectivity index (χ0) is 11.3. The van der Waals surface area contributed by atoms with E-state index in [1.807, 2.05) is 6.08 Å². The SMILES string of the molecule is CC(C)C1C/C=C/CCC(F)(CF)CC1. The van der Waals surface area contributed by atoms with Crippen molar-refractivity contribution in [3.05, 3.63) is 12.2 Å². The van der Waals surface area contributed by atoms with Crippen LogP contribution in [0.2, 0.25) is 0 Å². The summed E-state index contributed by atoms with van der Waals surface area (Å²) in [6, 6.07) is 0. The van der Waals surface area contributed by atoms with Gasteiger partial charge in [0.25, 0.3) is 0 Å². The molecule has 0 amide bonds. The van der Waals surface area contributed by atoms with Gasteiger partial charge in [0.1, 0.15) is 12.3 Å². The number of alkyl halides is 2. The summed E-state index contributed by atoms with van der Waals surface area (Å²) >= 11 is 0. The second kappa shape index (κ2) is 5.62. The number of allylic oxidation sites excluding steroid dienone is 2. The van der Waals surface area contributed by atoms with Crippen LogP contribution in [-0.2, 0) is 0 Å². The van der Waals surface area contributed by atoms with Crippen LogP contribution in [0.25, 0.3) is 0 Å². The molecule has 1 rings (SSSR count). The van der Waals surface area contributed by atoms with E-state index >= 15 is 0 Å². The van der Waals surface area contributed by atoms with E-state index in [1.165, 1.54) is 0 Å². The van der Waals surface area contributed by atoms with Gasteiger partial charge in [-0.3, -0.25) is 0 Å². The normalized spacial score (nSPS) is 35.7. The van der Waals surface area contributed by atoms with Gasteiger partial charge in [-0.15, -0.1) is 0 Å². The summed E-state index contributed by atoms with van der Waals surface area (Å²) in [6.45, 7) is 3.49. The van der Waals surface area contributed by atoms with Crippen LogP contribution in [0.4, 0.5) is 8.78 Å². The van der Waals surface area contributed by atoms with Crippen molar-refractivity contribution in [3.63, 3.8) is 0 Å². The van der Waals surface area contributed by atoms with Crippen molar-refractivity contribution in [1.82, 2.24) is 0 Å². The highest BCUT2D eigenvalue weighted by atomic mass is 19.2. The zero-order valence-electron chi connectivity index (χ0n) is 9.81. The number of rotatable bonds is 2. The van der Waals surface area contributed by atoms with Crippen molar-refractivity contribution in [2.75, 3.05) is 6.67 Å². The topological polar surface area (TPSA) is 0 Å². The van der Waals surface area contributed by atoms with Gasteiger partial charge < -0.3 is 0 Å². The van der Waals surface area contributed by atoms with Crippen LogP contribution < -0.4 is 0 Å². The predicted molar refractivity (Wildman–Crippen MR) is 60.4 cm³/mol. The molecule has 0 heterocycles. The average Bonchev–Trinajstić information content (AvgIpc) is 2.29. The highest BCUT2D eigenvalue weighted by Gasteiger charge is 2.30. The highest BCUT2D eigenvalue weighted by molar-refractivity contribution is 4.92. The van der Waals surface area contributed by atoms with Crippen LogP contribution in [0.5, 0.6) is 0 Å². The molecule has 0 aromatic rings. The van der Waals surface area contributed by atoms with E-state index in [1.54, 1.807) is 0 Å². The molecule has 0 aliphatic heterocycles. The van der Waals surface area contributed by atoms with E-state index in [0.717, 1.165) is 12.8 Å². The molecule has 0 radical (unpaired) electrons. The van der Waals surface area contributed by atoms with E-state index in [2.05, 4.69) is 19.9 Å². The molecule has 15 heavy (non-hydrogen) atoms. The Bertz CT molecular complexity index is 211. The Hall–Kier alpha value is -0.400. The average molecular weight is 216 g/mol. The lowest BCUT2D eigenvalue weighted by Gasteiger charge is -2.25. The van der Waals surface area contributed by atoms with Gasteiger partial charge in [-0.25, -0.2) is 8.78 Å². The fourth-order valence-corrected chi connectivity index (χ4v) is 2.16. The first-order valence-electron chi connectivity index (χ1n) is 5.97. The quantitative estimate of drug-likeness (QED) is 0.598. The first-order chi connectivity index (χ1) is 7.07. The van der Waals surface area contributed by atoms with Crippen LogP contribution in [0.1, 0.15) is 46.0 Å². The van der Waals surface area contributed by atoms with E-state index in [0.29, 0.717) is 31.1 Å². The van der Waals surface area contributed by atoms with Crippen molar-refractivity contribution < 1.29 is 8.78 Å². The first-order valence-corrected chi connectivity index (χ1v) is 5.97. The molecule has 0 aromatic heterocycles. The van der Waals surface area contributed by atoms with Crippen LogP contribution in [0.15, 0.2) is 12.2 Å². The summed E-state index contributed by atoms with van der Waals surface area (Å²) in [5.74, 6) is 1.05. The molecule has 1 aliphatic rings. The Morgan fingerprint density at radius 3 is 2.67 bits per heavy atom. The van der Waals surface area contributed by atoms with E-state index in [4.69, 9.17) is 0 Å². The predicted octanol–water partition coefficient (Wildman–Crippen LogP) is 4.46. The zero-order valence-corrected chi connectivity index (χ0v) is 9.81. The molecule has 1 aliphatic carbocycles. The van der Waals surface area contributed by atoms with Crippen molar-refractivity contribution in [3.8, 4) is 0 Å². The maximum atomic E-state index is 14.0. The van der Waals surface area contributed by atoms with Crippen molar-refractivity contribution in [1.29, 1.82) is 0 Å². The largest absolute Gasteiger partial charge is 0.248 e. The van der Waals surface area contributed by atoms with Crippen molar-refractivity contribution >= 4 is 0 Å². The standard InChI is InChI=1S/C13H22F2/c1-11(2)12-6-4-3-5-8-13(15,10-14)9-7-12/h3-4,11-12H,5-10H2,1-2H3/b4-3+. The highest BCUT2D eigenvalue weighted by Crippen LogP contribution is 2.32. The molecule has 0 saturated carbocycles. The summed E-state index contributed by atoms with van der Waals surface area (Å²) in [5, 5.41) is 0. The Morgan fingerprint density at radius 1 is 1.33 bits per heavy atom. The van der Waals surface area contributed by atoms with Crippen LogP contribution in [0, 0.1) is 11.8 Å². The van der Waals surface area contributed by atoms with Crippen molar-refractivity contribution in [2.45, 2.75) is 51.6 Å². The third-order valence-corrected chi connectivity index (χ3v) is 3.51. The first kappa shape index (κ1) is 12.7. The second-order valence-electron chi connectivity index (χ2n) is 5.07. The van der Waals surface area contributed by atoms with Gasteiger partial charge in [0.05, 0.1) is 0 Å². The third-order valence-electron chi connectivity index (χ3n) is 3.51. The molecule has 2 heteroatoms. The second-order valence-corrected chi connectivity index (χ2v) is 5.07. The summed E-state index contributed by atoms with van der Waals surface area (Å²) in [7, 11) is 0. The fourth-order valence-electron chi connectivity index (χ4n) is 2.16. The Labute approximate surface area is 91.8 Å². The minimum absolute atomic E-state index is 0.338. The summed E-state index contributed by atoms with van der Waals surface area (Å²) in [4.78, 5) is 0. The van der Waals surface area contributed by atoms with E-state index in [-0.39, 0.29) is 0 Å². The molecule has 0 nitrogen and oxygen atoms in total. The molecule has 0 aromatic carbocycles. The molecule has 2 unspecified atom stereocenters. The van der Waals surface area contributed by atoms with Gasteiger partial charge in [0.15, 0.2) is 0 Å². The van der Waals surface area contributed by atoms with E-state index in [9.17, 15) is 8.78 Å². The van der Waals surface area contributed by atoms with Gasteiger partial charge in [0, 0.05) is 0 Å². The maximum Gasteiger partial charge on any atom is 0.139 e. The summed E-state index contributed by atoms with van der Waals surface area (Å²) in [6.07, 6.45) is 7.35. The van der Waals surface area contributed by atoms with Gasteiger partial charge in [-0.05, 0) is 43.9 Å². The molecule has 2 atom stereocenters. The number of hydrogen-bond acceptors (Lipinski definition) is 0. The lowest BCUT2D eigenvalue weighted by Crippen LogP contribution is -2.26. The van der Waals surface area contributed by atoms with Crippen LogP contribution in [-0.4, -0.2) is 12.3 Å². The molecular weight excluding hydrogens is 194 g/mol. The molecule has 0 N–H and O–H groups in total. The molecular formula is C13H22F2. The lowest BCUT2D eigenvalue weighted by atomic mass is 9.85. The molecule has 0 bridgehead atoms. The summed E-state index contributed by atoms with van der Waals surface area (Å²) < 4.78 is 26.6. The van der Waals surface area contributed by atoms with Gasteiger partial charge in [0.2, 0.25) is 0 Å². The summed E-state index contributed by atoms with van der Waals surface area (Å²) in [5.41, 5.74) is -1.57. The van der Waals surface area contributed by atoms with Gasteiger partial charge >= 0.3 is 0 Å². The molecule has 0 spiro atoms. The number of halogens is 2. The number of hydrogen-bond donors (Lipinski definition) is 0. The van der Waals surface area contributed by atoms with E-state index < -0.39 is 12.3 Å². The lowest BCUT2D eigenvalue weighted by molar-refractivity contribution is 0.0885. The fraction of sp³-hybridized carbons (Fsp3) is 0.846. The minimum atomic E-state index is -1.57. The Balaban J connectivity index is 2.62. The van der Waals surface area contributed by atoms with Crippen LogP contribution >= 0.6 is 0 Å². The third kappa shape index (κ3) is 3.92. The molecule has 0 fully saturated rings. The molecule has 88 valence electrons. The van der Waals surface area contributed by atoms with Gasteiger partial charge in [-0.2, -0.15) is 0 Å². The van der Waals surface area contributed by atoms with Gasteiger partial charge in [-0.1, -0.05) is 26.0 Å². The molecule has 0 saturated heterocycles. The van der Waals surface area contributed by atoms with Crippen molar-refractivity contribution in [2.24, 2.45) is 11.8 Å². The minimum Gasteiger partial charge on any atom is -0.248 e. The maximum absolute atomic E-state index is 14.0. The Morgan fingerprint density at radius 2 is 2.07 bits per heavy atom. The Kier molecular flexibility index (Phi) is 4.75.